The molecule has 0 unspecified atom stereocenters. The van der Waals surface area contributed by atoms with Gasteiger partial charge < -0.3 is 10.4 Å². The largest absolute Gasteiger partial charge is 0.478 e. The van der Waals surface area contributed by atoms with Gasteiger partial charge in [-0.1, -0.05) is 17.7 Å². The van der Waals surface area contributed by atoms with E-state index in [9.17, 15) is 4.79 Å². The van der Waals surface area contributed by atoms with Gasteiger partial charge in [0.25, 0.3) is 0 Å². The van der Waals surface area contributed by atoms with Crippen molar-refractivity contribution in [1.82, 2.24) is 4.98 Å². The molecule has 2 aromatic rings. The first-order valence-corrected chi connectivity index (χ1v) is 5.60. The zero-order valence-electron chi connectivity index (χ0n) is 10.3. The first-order valence-electron chi connectivity index (χ1n) is 5.60. The highest BCUT2D eigenvalue weighted by molar-refractivity contribution is 5.88. The van der Waals surface area contributed by atoms with Crippen molar-refractivity contribution >= 4 is 17.5 Å². The number of carbonyl (C=O) groups is 1. The van der Waals surface area contributed by atoms with Crippen LogP contribution in [-0.4, -0.2) is 16.1 Å². The molecule has 0 aliphatic rings. The topological polar surface area (TPSA) is 62.2 Å². The van der Waals surface area contributed by atoms with Crippen LogP contribution in [0.15, 0.2) is 36.4 Å². The van der Waals surface area contributed by atoms with E-state index in [1.165, 1.54) is 11.6 Å². The number of rotatable bonds is 3. The lowest BCUT2D eigenvalue weighted by Gasteiger charge is -2.07. The molecule has 0 spiro atoms. The summed E-state index contributed by atoms with van der Waals surface area (Å²) in [5, 5.41) is 12.1. The molecule has 0 saturated heterocycles. The third-order valence-electron chi connectivity index (χ3n) is 2.52. The molecule has 2 rings (SSSR count). The van der Waals surface area contributed by atoms with Crippen LogP contribution in [0.5, 0.6) is 0 Å². The first-order chi connectivity index (χ1) is 8.54. The molecule has 0 aliphatic heterocycles. The molecular formula is C14H14N2O2. The fourth-order valence-electron chi connectivity index (χ4n) is 1.64. The van der Waals surface area contributed by atoms with Crippen molar-refractivity contribution in [2.24, 2.45) is 0 Å². The molecule has 1 aromatic carbocycles. The van der Waals surface area contributed by atoms with Crippen LogP contribution in [0.1, 0.15) is 21.6 Å². The maximum absolute atomic E-state index is 10.9. The lowest BCUT2D eigenvalue weighted by Crippen LogP contribution is -2.01. The summed E-state index contributed by atoms with van der Waals surface area (Å²) in [5.74, 6) is -0.413. The van der Waals surface area contributed by atoms with Crippen molar-refractivity contribution in [3.05, 3.63) is 53.2 Å². The minimum atomic E-state index is -0.951. The summed E-state index contributed by atoms with van der Waals surface area (Å²) in [7, 11) is 0. The van der Waals surface area contributed by atoms with E-state index in [1.807, 2.05) is 31.2 Å². The standard InChI is InChI=1S/C14H14N2O2/c1-9-3-5-12(6-4-9)16-13-8-11(14(17)18)7-10(2)15-13/h3-8H,1-2H3,(H,15,16)(H,17,18). The molecule has 92 valence electrons. The second kappa shape index (κ2) is 4.87. The Balaban J connectivity index is 2.28. The number of nitrogens with zero attached hydrogens (tertiary/aromatic N) is 1. The van der Waals surface area contributed by atoms with Gasteiger partial charge in [0.15, 0.2) is 0 Å². The molecular weight excluding hydrogens is 228 g/mol. The Hall–Kier alpha value is -2.36. The Morgan fingerprint density at radius 2 is 1.83 bits per heavy atom. The number of pyridine rings is 1. The van der Waals surface area contributed by atoms with E-state index in [0.717, 1.165) is 5.69 Å². The Kier molecular flexibility index (Phi) is 3.28. The Morgan fingerprint density at radius 1 is 1.17 bits per heavy atom. The van der Waals surface area contributed by atoms with Crippen molar-refractivity contribution in [3.63, 3.8) is 0 Å². The van der Waals surface area contributed by atoms with Crippen LogP contribution in [0, 0.1) is 13.8 Å². The van der Waals surface area contributed by atoms with Gasteiger partial charge in [-0.3, -0.25) is 0 Å². The van der Waals surface area contributed by atoms with Gasteiger partial charge in [0, 0.05) is 11.4 Å². The molecule has 0 bridgehead atoms. The lowest BCUT2D eigenvalue weighted by molar-refractivity contribution is 0.0696. The summed E-state index contributed by atoms with van der Waals surface area (Å²) in [4.78, 5) is 15.2. The highest BCUT2D eigenvalue weighted by Gasteiger charge is 2.06. The van der Waals surface area contributed by atoms with Gasteiger partial charge in [-0.15, -0.1) is 0 Å². The molecule has 0 saturated carbocycles. The average Bonchev–Trinajstić information content (AvgIpc) is 2.31. The summed E-state index contributed by atoms with van der Waals surface area (Å²) in [6.07, 6.45) is 0. The SMILES string of the molecule is Cc1ccc(Nc2cc(C(=O)O)cc(C)n2)cc1. The second-order valence-corrected chi connectivity index (χ2v) is 4.18. The highest BCUT2D eigenvalue weighted by Crippen LogP contribution is 2.17. The van der Waals surface area contributed by atoms with E-state index in [0.29, 0.717) is 11.5 Å². The molecule has 0 amide bonds. The molecule has 1 heterocycles. The van der Waals surface area contributed by atoms with Crippen molar-refractivity contribution in [2.75, 3.05) is 5.32 Å². The average molecular weight is 242 g/mol. The number of carboxylic acids is 1. The number of nitrogens with one attached hydrogen (secondary N) is 1. The van der Waals surface area contributed by atoms with Gasteiger partial charge in [0.2, 0.25) is 0 Å². The number of benzene rings is 1. The number of aromatic nitrogens is 1. The van der Waals surface area contributed by atoms with Crippen LogP contribution >= 0.6 is 0 Å². The minimum absolute atomic E-state index is 0.233. The molecule has 4 heteroatoms. The smallest absolute Gasteiger partial charge is 0.335 e. The van der Waals surface area contributed by atoms with Crippen LogP contribution in [0.25, 0.3) is 0 Å². The summed E-state index contributed by atoms with van der Waals surface area (Å²) in [6, 6.07) is 10.9. The fourth-order valence-corrected chi connectivity index (χ4v) is 1.64. The highest BCUT2D eigenvalue weighted by atomic mass is 16.4. The van der Waals surface area contributed by atoms with Crippen molar-refractivity contribution in [2.45, 2.75) is 13.8 Å². The molecule has 2 N–H and O–H groups in total. The van der Waals surface area contributed by atoms with Crippen molar-refractivity contribution < 1.29 is 9.90 Å². The third kappa shape index (κ3) is 2.85. The van der Waals surface area contributed by atoms with E-state index >= 15 is 0 Å². The van der Waals surface area contributed by atoms with E-state index < -0.39 is 5.97 Å². The zero-order valence-corrected chi connectivity index (χ0v) is 10.3. The lowest BCUT2D eigenvalue weighted by atomic mass is 10.2. The molecule has 1 aromatic heterocycles. The molecule has 4 nitrogen and oxygen atoms in total. The van der Waals surface area contributed by atoms with Crippen molar-refractivity contribution in [3.8, 4) is 0 Å². The summed E-state index contributed by atoms with van der Waals surface area (Å²) >= 11 is 0. The van der Waals surface area contributed by atoms with Crippen LogP contribution in [0.2, 0.25) is 0 Å². The van der Waals surface area contributed by atoms with Crippen LogP contribution in [0.3, 0.4) is 0 Å². The van der Waals surface area contributed by atoms with Gasteiger partial charge in [0.1, 0.15) is 5.82 Å². The molecule has 18 heavy (non-hydrogen) atoms. The van der Waals surface area contributed by atoms with Gasteiger partial charge in [-0.25, -0.2) is 9.78 Å². The minimum Gasteiger partial charge on any atom is -0.478 e. The number of carboxylic acid groups (broad SMARTS) is 1. The molecule has 0 radical (unpaired) electrons. The van der Waals surface area contributed by atoms with E-state index in [4.69, 9.17) is 5.11 Å². The van der Waals surface area contributed by atoms with E-state index in [1.54, 1.807) is 13.0 Å². The van der Waals surface area contributed by atoms with Gasteiger partial charge in [0.05, 0.1) is 5.56 Å². The monoisotopic (exact) mass is 242 g/mol. The Bertz CT molecular complexity index is 577. The van der Waals surface area contributed by atoms with Gasteiger partial charge in [-0.05, 0) is 38.1 Å². The number of anilines is 2. The van der Waals surface area contributed by atoms with Gasteiger partial charge in [-0.2, -0.15) is 0 Å². The number of hydrogen-bond acceptors (Lipinski definition) is 3. The maximum atomic E-state index is 10.9. The summed E-state index contributed by atoms with van der Waals surface area (Å²) < 4.78 is 0. The Labute approximate surface area is 105 Å². The fraction of sp³-hybridized carbons (Fsp3) is 0.143. The van der Waals surface area contributed by atoms with E-state index in [2.05, 4.69) is 10.3 Å². The quantitative estimate of drug-likeness (QED) is 0.868. The van der Waals surface area contributed by atoms with Crippen molar-refractivity contribution in [1.29, 1.82) is 0 Å². The molecule has 0 aliphatic carbocycles. The third-order valence-corrected chi connectivity index (χ3v) is 2.52. The molecule has 0 atom stereocenters. The summed E-state index contributed by atoms with van der Waals surface area (Å²) in [5.41, 5.74) is 2.96. The van der Waals surface area contributed by atoms with Crippen LogP contribution in [0.4, 0.5) is 11.5 Å². The maximum Gasteiger partial charge on any atom is 0.335 e. The van der Waals surface area contributed by atoms with E-state index in [-0.39, 0.29) is 5.56 Å². The number of aryl methyl sites for hydroxylation is 2. The second-order valence-electron chi connectivity index (χ2n) is 4.18. The van der Waals surface area contributed by atoms with Crippen LogP contribution < -0.4 is 5.32 Å². The predicted octanol–water partition coefficient (Wildman–Crippen LogP) is 3.14. The first kappa shape index (κ1) is 12.1. The predicted molar refractivity (Wildman–Crippen MR) is 70.4 cm³/mol. The number of aromatic carboxylic acids is 1. The Morgan fingerprint density at radius 3 is 2.44 bits per heavy atom. The number of hydrogen-bond donors (Lipinski definition) is 2. The van der Waals surface area contributed by atoms with Gasteiger partial charge >= 0.3 is 5.97 Å². The molecule has 0 fully saturated rings. The summed E-state index contributed by atoms with van der Waals surface area (Å²) in [6.45, 7) is 3.78. The normalized spacial score (nSPS) is 10.1. The zero-order chi connectivity index (χ0) is 13.1. The van der Waals surface area contributed by atoms with Crippen LogP contribution in [-0.2, 0) is 0 Å².